The summed E-state index contributed by atoms with van der Waals surface area (Å²) in [6.07, 6.45) is 0. The number of hydrazone groups is 1. The van der Waals surface area contributed by atoms with Gasteiger partial charge in [0.05, 0.1) is 10.6 Å². The molecular formula is C21H18ClN3O4S. The van der Waals surface area contributed by atoms with Crippen LogP contribution in [0.2, 0.25) is 5.02 Å². The van der Waals surface area contributed by atoms with Crippen molar-refractivity contribution >= 4 is 38.9 Å². The van der Waals surface area contributed by atoms with Gasteiger partial charge in [-0.3, -0.25) is 9.52 Å². The molecule has 0 bridgehead atoms. The quantitative estimate of drug-likeness (QED) is 0.395. The number of nitrogens with one attached hydrogen (secondary N) is 2. The minimum atomic E-state index is -3.90. The number of para-hydroxylation sites is 1. The number of phenols is 1. The van der Waals surface area contributed by atoms with Crippen molar-refractivity contribution in [1.29, 1.82) is 0 Å². The molecule has 0 atom stereocenters. The Hall–Kier alpha value is -3.36. The second-order valence-electron chi connectivity index (χ2n) is 6.30. The number of anilines is 1. The zero-order valence-electron chi connectivity index (χ0n) is 15.8. The summed E-state index contributed by atoms with van der Waals surface area (Å²) in [7, 11) is -3.90. The zero-order valence-corrected chi connectivity index (χ0v) is 17.4. The Bertz CT molecular complexity index is 1210. The van der Waals surface area contributed by atoms with Crippen molar-refractivity contribution in [3.63, 3.8) is 0 Å². The van der Waals surface area contributed by atoms with Crippen LogP contribution in [-0.4, -0.2) is 25.1 Å². The smallest absolute Gasteiger partial charge is 0.271 e. The van der Waals surface area contributed by atoms with E-state index < -0.39 is 15.9 Å². The van der Waals surface area contributed by atoms with Gasteiger partial charge in [-0.1, -0.05) is 29.8 Å². The maximum absolute atomic E-state index is 12.6. The first-order chi connectivity index (χ1) is 14.3. The molecule has 0 aromatic heterocycles. The van der Waals surface area contributed by atoms with E-state index in [4.69, 9.17) is 11.6 Å². The molecule has 0 saturated heterocycles. The van der Waals surface area contributed by atoms with E-state index in [1.165, 1.54) is 42.5 Å². The van der Waals surface area contributed by atoms with E-state index in [1.807, 2.05) is 0 Å². The number of carbonyl (C=O) groups is 1. The van der Waals surface area contributed by atoms with Gasteiger partial charge in [-0.15, -0.1) is 0 Å². The van der Waals surface area contributed by atoms with Crippen LogP contribution in [0.5, 0.6) is 5.75 Å². The number of hydrogen-bond acceptors (Lipinski definition) is 5. The van der Waals surface area contributed by atoms with E-state index in [9.17, 15) is 18.3 Å². The summed E-state index contributed by atoms with van der Waals surface area (Å²) < 4.78 is 27.7. The Morgan fingerprint density at radius 1 is 1.00 bits per heavy atom. The normalized spacial score (nSPS) is 11.7. The molecule has 0 fully saturated rings. The van der Waals surface area contributed by atoms with Gasteiger partial charge in [0.25, 0.3) is 15.9 Å². The summed E-state index contributed by atoms with van der Waals surface area (Å²) in [5.74, 6) is -0.553. The molecular weight excluding hydrogens is 426 g/mol. The Morgan fingerprint density at radius 3 is 2.40 bits per heavy atom. The number of hydrogen-bond donors (Lipinski definition) is 3. The highest BCUT2D eigenvalue weighted by molar-refractivity contribution is 7.92. The molecule has 0 heterocycles. The lowest BCUT2D eigenvalue weighted by atomic mass is 10.1. The van der Waals surface area contributed by atoms with Crippen LogP contribution >= 0.6 is 11.6 Å². The molecule has 0 radical (unpaired) electrons. The monoisotopic (exact) mass is 443 g/mol. The third kappa shape index (κ3) is 5.16. The number of carbonyl (C=O) groups excluding carboxylic acids is 1. The predicted octanol–water partition coefficient (Wildman–Crippen LogP) is 4.00. The van der Waals surface area contributed by atoms with Gasteiger partial charge in [-0.2, -0.15) is 5.10 Å². The SMILES string of the molecule is C/C(=N\NC(=O)c1cccc(S(=O)(=O)Nc2ccc(Cl)cc2)c1)c1ccccc1O. The lowest BCUT2D eigenvalue weighted by Crippen LogP contribution is -2.20. The van der Waals surface area contributed by atoms with E-state index >= 15 is 0 Å². The van der Waals surface area contributed by atoms with Gasteiger partial charge in [0.15, 0.2) is 0 Å². The molecule has 0 aliphatic carbocycles. The molecule has 3 aromatic rings. The van der Waals surface area contributed by atoms with Gasteiger partial charge in [-0.25, -0.2) is 13.8 Å². The number of aromatic hydroxyl groups is 1. The number of sulfonamides is 1. The van der Waals surface area contributed by atoms with Gasteiger partial charge in [-0.05, 0) is 61.5 Å². The van der Waals surface area contributed by atoms with Crippen molar-refractivity contribution in [3.05, 3.63) is 88.9 Å². The van der Waals surface area contributed by atoms with Crippen LogP contribution in [0.15, 0.2) is 82.8 Å². The van der Waals surface area contributed by atoms with E-state index in [-0.39, 0.29) is 16.2 Å². The van der Waals surface area contributed by atoms with Crippen LogP contribution in [0.4, 0.5) is 5.69 Å². The number of phenolic OH excluding ortho intramolecular Hbond substituents is 1. The fraction of sp³-hybridized carbons (Fsp3) is 0.0476. The molecule has 3 rings (SSSR count). The first-order valence-electron chi connectivity index (χ1n) is 8.78. The van der Waals surface area contributed by atoms with Crippen LogP contribution in [0.3, 0.4) is 0 Å². The minimum Gasteiger partial charge on any atom is -0.507 e. The predicted molar refractivity (Wildman–Crippen MR) is 116 cm³/mol. The largest absolute Gasteiger partial charge is 0.507 e. The molecule has 30 heavy (non-hydrogen) atoms. The number of benzene rings is 3. The fourth-order valence-electron chi connectivity index (χ4n) is 2.58. The van der Waals surface area contributed by atoms with Crippen LogP contribution in [-0.2, 0) is 10.0 Å². The van der Waals surface area contributed by atoms with Gasteiger partial charge >= 0.3 is 0 Å². The molecule has 7 nitrogen and oxygen atoms in total. The van der Waals surface area contributed by atoms with Crippen molar-refractivity contribution in [3.8, 4) is 5.75 Å². The number of halogens is 1. The van der Waals surface area contributed by atoms with E-state index in [0.29, 0.717) is 22.0 Å². The Morgan fingerprint density at radius 2 is 1.70 bits per heavy atom. The molecule has 0 saturated carbocycles. The number of rotatable bonds is 6. The second-order valence-corrected chi connectivity index (χ2v) is 8.41. The topological polar surface area (TPSA) is 108 Å². The van der Waals surface area contributed by atoms with Crippen molar-refractivity contribution < 1.29 is 18.3 Å². The van der Waals surface area contributed by atoms with E-state index in [1.54, 1.807) is 37.3 Å². The molecule has 0 aliphatic rings. The van der Waals surface area contributed by atoms with Gasteiger partial charge in [0.2, 0.25) is 0 Å². The first-order valence-corrected chi connectivity index (χ1v) is 10.6. The van der Waals surface area contributed by atoms with Crippen LogP contribution in [0.1, 0.15) is 22.8 Å². The number of amides is 1. The molecule has 0 unspecified atom stereocenters. The molecule has 0 aliphatic heterocycles. The molecule has 154 valence electrons. The summed E-state index contributed by atoms with van der Waals surface area (Å²) >= 11 is 5.81. The van der Waals surface area contributed by atoms with E-state index in [2.05, 4.69) is 15.2 Å². The molecule has 0 spiro atoms. The van der Waals surface area contributed by atoms with Crippen molar-refractivity contribution in [2.75, 3.05) is 4.72 Å². The highest BCUT2D eigenvalue weighted by Gasteiger charge is 2.16. The summed E-state index contributed by atoms with van der Waals surface area (Å²) in [5, 5.41) is 14.3. The standard InChI is InChI=1S/C21H18ClN3O4S/c1-14(19-7-2-3-8-20(19)26)23-24-21(27)15-5-4-6-18(13-15)30(28,29)25-17-11-9-16(22)10-12-17/h2-13,25-26H,1H3,(H,24,27)/b23-14+. The Labute approximate surface area is 179 Å². The van der Waals surface area contributed by atoms with Crippen LogP contribution < -0.4 is 10.1 Å². The maximum Gasteiger partial charge on any atom is 0.271 e. The summed E-state index contributed by atoms with van der Waals surface area (Å²) in [6, 6.07) is 18.3. The molecule has 3 aromatic carbocycles. The molecule has 9 heteroatoms. The minimum absolute atomic E-state index is 0.0364. The first kappa shape index (κ1) is 21.4. The maximum atomic E-state index is 12.6. The third-order valence-electron chi connectivity index (χ3n) is 4.12. The lowest BCUT2D eigenvalue weighted by Gasteiger charge is -2.09. The number of nitrogens with zero attached hydrogens (tertiary/aromatic N) is 1. The summed E-state index contributed by atoms with van der Waals surface area (Å²) in [5.41, 5.74) is 3.70. The lowest BCUT2D eigenvalue weighted by molar-refractivity contribution is 0.0954. The highest BCUT2D eigenvalue weighted by Crippen LogP contribution is 2.19. The van der Waals surface area contributed by atoms with Gasteiger partial charge in [0, 0.05) is 21.8 Å². The Balaban J connectivity index is 1.77. The average Bonchev–Trinajstić information content (AvgIpc) is 2.73. The van der Waals surface area contributed by atoms with Crippen molar-refractivity contribution in [2.24, 2.45) is 5.10 Å². The van der Waals surface area contributed by atoms with Crippen LogP contribution in [0.25, 0.3) is 0 Å². The van der Waals surface area contributed by atoms with Crippen LogP contribution in [0, 0.1) is 0 Å². The highest BCUT2D eigenvalue weighted by atomic mass is 35.5. The van der Waals surface area contributed by atoms with Crippen molar-refractivity contribution in [2.45, 2.75) is 11.8 Å². The van der Waals surface area contributed by atoms with Gasteiger partial charge in [0.1, 0.15) is 5.75 Å². The molecule has 1 amide bonds. The summed E-state index contributed by atoms with van der Waals surface area (Å²) in [4.78, 5) is 12.4. The summed E-state index contributed by atoms with van der Waals surface area (Å²) in [6.45, 7) is 1.63. The fourth-order valence-corrected chi connectivity index (χ4v) is 3.81. The molecule has 3 N–H and O–H groups in total. The second kappa shape index (κ2) is 8.98. The van der Waals surface area contributed by atoms with Crippen molar-refractivity contribution in [1.82, 2.24) is 5.43 Å². The zero-order chi connectivity index (χ0) is 21.7. The van der Waals surface area contributed by atoms with E-state index in [0.717, 1.165) is 0 Å². The average molecular weight is 444 g/mol. The Kier molecular flexibility index (Phi) is 6.39. The third-order valence-corrected chi connectivity index (χ3v) is 5.75. The van der Waals surface area contributed by atoms with Gasteiger partial charge < -0.3 is 5.11 Å².